The summed E-state index contributed by atoms with van der Waals surface area (Å²) in [5, 5.41) is 0. The summed E-state index contributed by atoms with van der Waals surface area (Å²) in [5.41, 5.74) is 3.50. The molecule has 0 fully saturated rings. The molecule has 0 heterocycles. The molecule has 0 saturated carbocycles. The minimum Gasteiger partial charge on any atom is -0.394 e. The Hall–Kier alpha value is -2.29. The van der Waals surface area contributed by atoms with E-state index in [9.17, 15) is 4.79 Å². The van der Waals surface area contributed by atoms with Gasteiger partial charge in [-0.05, 0) is 60.9 Å². The molecule has 0 N–H and O–H groups in total. The van der Waals surface area contributed by atoms with Gasteiger partial charge in [-0.2, -0.15) is 0 Å². The third-order valence-corrected chi connectivity index (χ3v) is 6.05. The fraction of sp³-hybridized carbons (Fsp3) is 0.552. The second-order valence-corrected chi connectivity index (χ2v) is 8.64. The lowest BCUT2D eigenvalue weighted by atomic mass is 9.95. The fourth-order valence-electron chi connectivity index (χ4n) is 4.14. The van der Waals surface area contributed by atoms with Crippen molar-refractivity contribution in [3.8, 4) is 11.5 Å². The Labute approximate surface area is 195 Å². The number of carbonyl (C=O) groups excluding carboxylic acids is 1. The molecule has 0 bridgehead atoms. The standard InChI is InChI=1S/C29H42O3/c1-4-7-9-11-13-19-25-20-17-23-28(26(25)21-14-12-10-8-5-2)32-29(30)31-27-22-16-15-18-24(27)6-3/h15-18,20,22-23H,4-14,19,21H2,1-3H3. The van der Waals surface area contributed by atoms with Crippen LogP contribution in [-0.2, 0) is 19.3 Å². The number of hydrogen-bond acceptors (Lipinski definition) is 3. The maximum Gasteiger partial charge on any atom is 0.519 e. The van der Waals surface area contributed by atoms with E-state index in [2.05, 4.69) is 19.9 Å². The molecular formula is C29H42O3. The Kier molecular flexibility index (Phi) is 12.6. The minimum atomic E-state index is -0.654. The molecule has 0 saturated heterocycles. The van der Waals surface area contributed by atoms with Crippen LogP contribution < -0.4 is 9.47 Å². The highest BCUT2D eigenvalue weighted by Crippen LogP contribution is 2.28. The molecule has 0 atom stereocenters. The van der Waals surface area contributed by atoms with Crippen molar-refractivity contribution in [3.63, 3.8) is 0 Å². The van der Waals surface area contributed by atoms with Gasteiger partial charge in [0.05, 0.1) is 0 Å². The van der Waals surface area contributed by atoms with Crippen molar-refractivity contribution in [1.82, 2.24) is 0 Å². The molecule has 176 valence electrons. The van der Waals surface area contributed by atoms with Crippen LogP contribution >= 0.6 is 0 Å². The van der Waals surface area contributed by atoms with Gasteiger partial charge in [0.2, 0.25) is 0 Å². The minimum absolute atomic E-state index is 0.577. The van der Waals surface area contributed by atoms with Gasteiger partial charge in [0.15, 0.2) is 0 Å². The van der Waals surface area contributed by atoms with E-state index in [1.54, 1.807) is 0 Å². The topological polar surface area (TPSA) is 35.5 Å². The molecule has 0 aliphatic heterocycles. The van der Waals surface area contributed by atoms with Crippen LogP contribution in [0.2, 0.25) is 0 Å². The zero-order valence-electron chi connectivity index (χ0n) is 20.5. The lowest BCUT2D eigenvalue weighted by Crippen LogP contribution is -2.16. The summed E-state index contributed by atoms with van der Waals surface area (Å²) in [6.45, 7) is 6.53. The van der Waals surface area contributed by atoms with Gasteiger partial charge in [0.25, 0.3) is 0 Å². The van der Waals surface area contributed by atoms with Gasteiger partial charge >= 0.3 is 6.16 Å². The van der Waals surface area contributed by atoms with Gasteiger partial charge in [-0.15, -0.1) is 0 Å². The molecule has 2 aromatic rings. The number of hydrogen-bond donors (Lipinski definition) is 0. The molecule has 0 unspecified atom stereocenters. The quantitative estimate of drug-likeness (QED) is 0.158. The van der Waals surface area contributed by atoms with Crippen LogP contribution in [0.25, 0.3) is 0 Å². The van der Waals surface area contributed by atoms with Gasteiger partial charge in [-0.3, -0.25) is 0 Å². The summed E-state index contributed by atoms with van der Waals surface area (Å²) in [7, 11) is 0. The Morgan fingerprint density at radius 2 is 1.19 bits per heavy atom. The number of carbonyl (C=O) groups is 1. The highest BCUT2D eigenvalue weighted by molar-refractivity contribution is 5.68. The zero-order chi connectivity index (χ0) is 23.0. The van der Waals surface area contributed by atoms with Crippen molar-refractivity contribution in [2.45, 2.75) is 104 Å². The van der Waals surface area contributed by atoms with Gasteiger partial charge in [-0.1, -0.05) is 102 Å². The van der Waals surface area contributed by atoms with E-state index in [0.29, 0.717) is 11.5 Å². The average Bonchev–Trinajstić information content (AvgIpc) is 2.80. The van der Waals surface area contributed by atoms with Crippen molar-refractivity contribution in [2.24, 2.45) is 0 Å². The lowest BCUT2D eigenvalue weighted by Gasteiger charge is -2.15. The SMILES string of the molecule is CCCCCCCc1cccc(OC(=O)Oc2ccccc2CC)c1CCCCCCC. The van der Waals surface area contributed by atoms with Gasteiger partial charge in [0, 0.05) is 0 Å². The van der Waals surface area contributed by atoms with Crippen molar-refractivity contribution in [2.75, 3.05) is 0 Å². The predicted octanol–water partition coefficient (Wildman–Crippen LogP) is 8.85. The second kappa shape index (κ2) is 15.5. The highest BCUT2D eigenvalue weighted by atomic mass is 16.7. The maximum absolute atomic E-state index is 12.6. The molecular weight excluding hydrogens is 396 g/mol. The number of rotatable bonds is 15. The van der Waals surface area contributed by atoms with E-state index in [1.165, 1.54) is 68.9 Å². The fourth-order valence-corrected chi connectivity index (χ4v) is 4.14. The molecule has 0 amide bonds. The average molecular weight is 439 g/mol. The molecule has 0 spiro atoms. The largest absolute Gasteiger partial charge is 0.519 e. The molecule has 3 heteroatoms. The van der Waals surface area contributed by atoms with Crippen LogP contribution in [0.1, 0.15) is 102 Å². The first-order valence-corrected chi connectivity index (χ1v) is 12.8. The van der Waals surface area contributed by atoms with Crippen LogP contribution in [-0.4, -0.2) is 6.16 Å². The van der Waals surface area contributed by atoms with Gasteiger partial charge in [0.1, 0.15) is 11.5 Å². The molecule has 0 aliphatic rings. The summed E-state index contributed by atoms with van der Waals surface area (Å²) in [4.78, 5) is 12.6. The Balaban J connectivity index is 2.08. The second-order valence-electron chi connectivity index (χ2n) is 8.64. The van der Waals surface area contributed by atoms with Gasteiger partial charge in [-0.25, -0.2) is 4.79 Å². The summed E-state index contributed by atoms with van der Waals surface area (Å²) in [5.74, 6) is 1.23. The van der Waals surface area contributed by atoms with Crippen molar-refractivity contribution >= 4 is 6.16 Å². The number of aryl methyl sites for hydroxylation is 2. The van der Waals surface area contributed by atoms with E-state index < -0.39 is 6.16 Å². The molecule has 0 aliphatic carbocycles. The molecule has 2 aromatic carbocycles. The van der Waals surface area contributed by atoms with Crippen molar-refractivity contribution in [1.29, 1.82) is 0 Å². The number of para-hydroxylation sites is 1. The predicted molar refractivity (Wildman–Crippen MR) is 134 cm³/mol. The maximum atomic E-state index is 12.6. The summed E-state index contributed by atoms with van der Waals surface area (Å²) < 4.78 is 11.3. The summed E-state index contributed by atoms with van der Waals surface area (Å²) in [6.07, 6.45) is 14.6. The van der Waals surface area contributed by atoms with E-state index in [1.807, 2.05) is 43.3 Å². The molecule has 0 radical (unpaired) electrons. The van der Waals surface area contributed by atoms with E-state index in [-0.39, 0.29) is 0 Å². The third-order valence-electron chi connectivity index (χ3n) is 6.05. The van der Waals surface area contributed by atoms with Crippen LogP contribution in [0.15, 0.2) is 42.5 Å². The molecule has 32 heavy (non-hydrogen) atoms. The number of ether oxygens (including phenoxy) is 2. The van der Waals surface area contributed by atoms with Crippen molar-refractivity contribution < 1.29 is 14.3 Å². The third kappa shape index (κ3) is 9.06. The molecule has 2 rings (SSSR count). The van der Waals surface area contributed by atoms with Crippen LogP contribution in [0.5, 0.6) is 11.5 Å². The monoisotopic (exact) mass is 438 g/mol. The lowest BCUT2D eigenvalue weighted by molar-refractivity contribution is 0.151. The van der Waals surface area contributed by atoms with Crippen molar-refractivity contribution in [3.05, 3.63) is 59.2 Å². The Morgan fingerprint density at radius 1 is 0.625 bits per heavy atom. The summed E-state index contributed by atoms with van der Waals surface area (Å²) in [6, 6.07) is 13.7. The first kappa shape index (κ1) is 26.0. The summed E-state index contributed by atoms with van der Waals surface area (Å²) >= 11 is 0. The Bertz CT molecular complexity index is 797. The van der Waals surface area contributed by atoms with E-state index >= 15 is 0 Å². The van der Waals surface area contributed by atoms with Crippen LogP contribution in [0.4, 0.5) is 4.79 Å². The van der Waals surface area contributed by atoms with E-state index in [0.717, 1.165) is 31.2 Å². The Morgan fingerprint density at radius 3 is 1.88 bits per heavy atom. The first-order valence-electron chi connectivity index (χ1n) is 12.8. The number of unbranched alkanes of at least 4 members (excludes halogenated alkanes) is 8. The van der Waals surface area contributed by atoms with Crippen LogP contribution in [0, 0.1) is 0 Å². The highest BCUT2D eigenvalue weighted by Gasteiger charge is 2.16. The van der Waals surface area contributed by atoms with E-state index in [4.69, 9.17) is 9.47 Å². The van der Waals surface area contributed by atoms with Crippen LogP contribution in [0.3, 0.4) is 0 Å². The first-order chi connectivity index (χ1) is 15.7. The molecule has 3 nitrogen and oxygen atoms in total. The smallest absolute Gasteiger partial charge is 0.394 e. The normalized spacial score (nSPS) is 10.8. The number of benzene rings is 2. The molecule has 0 aromatic heterocycles. The zero-order valence-corrected chi connectivity index (χ0v) is 20.5. The van der Waals surface area contributed by atoms with Gasteiger partial charge < -0.3 is 9.47 Å².